The summed E-state index contributed by atoms with van der Waals surface area (Å²) in [5.41, 5.74) is 5.62. The smallest absolute Gasteiger partial charge is 0.259 e. The summed E-state index contributed by atoms with van der Waals surface area (Å²) in [5, 5.41) is 14.4. The van der Waals surface area contributed by atoms with Crippen molar-refractivity contribution in [1.29, 1.82) is 0 Å². The van der Waals surface area contributed by atoms with Crippen molar-refractivity contribution in [1.82, 2.24) is 34.8 Å². The minimum atomic E-state index is -0.210. The quantitative estimate of drug-likeness (QED) is 0.436. The minimum Gasteiger partial charge on any atom is -0.379 e. The minimum absolute atomic E-state index is 0.210. The van der Waals surface area contributed by atoms with Crippen LogP contribution in [0.1, 0.15) is 28.0 Å². The number of benzene rings is 1. The Kier molecular flexibility index (Phi) is 5.00. The molecule has 0 radical (unpaired) electrons. The second-order valence-electron chi connectivity index (χ2n) is 8.30. The molecule has 0 saturated carbocycles. The summed E-state index contributed by atoms with van der Waals surface area (Å²) in [5.74, 6) is 0.392. The number of rotatable bonds is 5. The van der Waals surface area contributed by atoms with Crippen LogP contribution in [0.5, 0.6) is 0 Å². The first-order valence-corrected chi connectivity index (χ1v) is 11.1. The van der Waals surface area contributed by atoms with E-state index in [2.05, 4.69) is 42.6 Å². The van der Waals surface area contributed by atoms with Crippen molar-refractivity contribution >= 4 is 28.8 Å². The average molecular weight is 444 g/mol. The second-order valence-corrected chi connectivity index (χ2v) is 8.30. The van der Waals surface area contributed by atoms with Crippen LogP contribution in [0.25, 0.3) is 28.8 Å². The third-order valence-electron chi connectivity index (χ3n) is 6.11. The van der Waals surface area contributed by atoms with Gasteiger partial charge in [-0.2, -0.15) is 10.2 Å². The summed E-state index contributed by atoms with van der Waals surface area (Å²) in [4.78, 5) is 23.4. The molecule has 6 rings (SSSR count). The lowest BCUT2D eigenvalue weighted by Gasteiger charge is -2.26. The predicted octanol–water partition coefficient (Wildman–Crippen LogP) is 2.65. The number of morpholine rings is 1. The van der Waals surface area contributed by atoms with Gasteiger partial charge in [0.15, 0.2) is 11.5 Å². The van der Waals surface area contributed by atoms with Gasteiger partial charge in [0.25, 0.3) is 5.91 Å². The van der Waals surface area contributed by atoms with E-state index in [0.717, 1.165) is 62.4 Å². The van der Waals surface area contributed by atoms with Gasteiger partial charge in [0, 0.05) is 32.0 Å². The standard InChI is InChI=1S/C23H24N8O2/c32-23(16-12-25-31-6-2-1-3-20(16)31)28-19-13-24-29-21(19)22-26-17-5-4-15(11-18(17)27-22)14-30-7-9-33-10-8-30/h2,4-6,11-13H,1,3,7-10,14H2,(H,24,29)(H,26,27)(H,28,32). The highest BCUT2D eigenvalue weighted by atomic mass is 16.5. The van der Waals surface area contributed by atoms with Gasteiger partial charge in [0.2, 0.25) is 0 Å². The summed E-state index contributed by atoms with van der Waals surface area (Å²) in [7, 11) is 0. The van der Waals surface area contributed by atoms with Crippen LogP contribution in [-0.2, 0) is 17.7 Å². The fraction of sp³-hybridized carbons (Fsp3) is 0.304. The van der Waals surface area contributed by atoms with Crippen molar-refractivity contribution in [2.24, 2.45) is 0 Å². The highest BCUT2D eigenvalue weighted by Gasteiger charge is 2.21. The van der Waals surface area contributed by atoms with Crippen LogP contribution in [0.2, 0.25) is 0 Å². The number of allylic oxidation sites excluding steroid dienone is 1. The van der Waals surface area contributed by atoms with Crippen LogP contribution in [-0.4, -0.2) is 67.1 Å². The highest BCUT2D eigenvalue weighted by molar-refractivity contribution is 6.06. The molecule has 0 aliphatic carbocycles. The molecule has 0 unspecified atom stereocenters. The maximum Gasteiger partial charge on any atom is 0.259 e. The van der Waals surface area contributed by atoms with Gasteiger partial charge in [-0.15, -0.1) is 0 Å². The number of nitrogens with zero attached hydrogens (tertiary/aromatic N) is 5. The molecule has 3 aromatic heterocycles. The summed E-state index contributed by atoms with van der Waals surface area (Å²) in [6, 6.07) is 6.26. The third kappa shape index (κ3) is 3.83. The van der Waals surface area contributed by atoms with E-state index in [4.69, 9.17) is 9.72 Å². The molecule has 1 fully saturated rings. The van der Waals surface area contributed by atoms with Crippen LogP contribution in [0.15, 0.2) is 36.7 Å². The number of aromatic nitrogens is 6. The van der Waals surface area contributed by atoms with E-state index >= 15 is 0 Å². The maximum absolute atomic E-state index is 13.0. The van der Waals surface area contributed by atoms with E-state index < -0.39 is 0 Å². The van der Waals surface area contributed by atoms with Gasteiger partial charge in [-0.1, -0.05) is 12.1 Å². The molecule has 4 aromatic rings. The monoisotopic (exact) mass is 444 g/mol. The Hall–Kier alpha value is -3.76. The SMILES string of the molecule is O=C(Nc1c[nH]nc1-c1nc2cc(CN3CCOCC3)ccc2[nH]1)c1cnn2c1CCC=C2. The van der Waals surface area contributed by atoms with Gasteiger partial charge >= 0.3 is 0 Å². The van der Waals surface area contributed by atoms with Gasteiger partial charge in [0.1, 0.15) is 0 Å². The average Bonchev–Trinajstić information content (AvgIpc) is 3.57. The molecule has 0 spiro atoms. The number of hydrogen-bond acceptors (Lipinski definition) is 6. The van der Waals surface area contributed by atoms with E-state index in [0.29, 0.717) is 22.8 Å². The van der Waals surface area contributed by atoms with Gasteiger partial charge < -0.3 is 15.0 Å². The number of hydrogen-bond donors (Lipinski definition) is 3. The van der Waals surface area contributed by atoms with Crippen LogP contribution in [0, 0.1) is 0 Å². The predicted molar refractivity (Wildman–Crippen MR) is 124 cm³/mol. The van der Waals surface area contributed by atoms with Crippen LogP contribution >= 0.6 is 0 Å². The largest absolute Gasteiger partial charge is 0.379 e. The van der Waals surface area contributed by atoms with Gasteiger partial charge in [-0.3, -0.25) is 14.8 Å². The topological polar surface area (TPSA) is 117 Å². The highest BCUT2D eigenvalue weighted by Crippen LogP contribution is 2.27. The van der Waals surface area contributed by atoms with Crippen molar-refractivity contribution in [3.63, 3.8) is 0 Å². The molecular weight excluding hydrogens is 420 g/mol. The number of amides is 1. The lowest BCUT2D eigenvalue weighted by atomic mass is 10.1. The Morgan fingerprint density at radius 3 is 3.06 bits per heavy atom. The van der Waals surface area contributed by atoms with Crippen molar-refractivity contribution in [3.05, 3.63) is 53.5 Å². The molecule has 1 amide bonds. The molecule has 10 nitrogen and oxygen atoms in total. The first-order valence-electron chi connectivity index (χ1n) is 11.1. The molecule has 33 heavy (non-hydrogen) atoms. The lowest BCUT2D eigenvalue weighted by Crippen LogP contribution is -2.35. The van der Waals surface area contributed by atoms with Crippen molar-refractivity contribution in [2.45, 2.75) is 19.4 Å². The summed E-state index contributed by atoms with van der Waals surface area (Å²) in [6.45, 7) is 4.31. The van der Waals surface area contributed by atoms with Gasteiger partial charge in [0.05, 0.1) is 47.4 Å². The lowest BCUT2D eigenvalue weighted by molar-refractivity contribution is 0.0342. The summed E-state index contributed by atoms with van der Waals surface area (Å²) in [6.07, 6.45) is 8.89. The fourth-order valence-corrected chi connectivity index (χ4v) is 4.38. The van der Waals surface area contributed by atoms with Gasteiger partial charge in [-0.25, -0.2) is 9.67 Å². The Morgan fingerprint density at radius 2 is 2.15 bits per heavy atom. The number of ether oxygens (including phenoxy) is 1. The molecule has 0 atom stereocenters. The molecule has 0 bridgehead atoms. The first kappa shape index (κ1) is 19.9. The summed E-state index contributed by atoms with van der Waals surface area (Å²) < 4.78 is 7.19. The zero-order valence-corrected chi connectivity index (χ0v) is 18.0. The maximum atomic E-state index is 13.0. The second kappa shape index (κ2) is 8.30. The number of aromatic amines is 2. The van der Waals surface area contributed by atoms with E-state index in [1.165, 1.54) is 5.56 Å². The van der Waals surface area contributed by atoms with E-state index in [9.17, 15) is 4.79 Å². The Balaban J connectivity index is 1.23. The molecule has 2 aliphatic heterocycles. The zero-order valence-electron chi connectivity index (χ0n) is 18.0. The van der Waals surface area contributed by atoms with E-state index in [1.54, 1.807) is 17.1 Å². The Morgan fingerprint density at radius 1 is 1.24 bits per heavy atom. The summed E-state index contributed by atoms with van der Waals surface area (Å²) >= 11 is 0. The Bertz CT molecular complexity index is 1340. The number of carbonyl (C=O) groups excluding carboxylic acids is 1. The molecule has 2 aliphatic rings. The van der Waals surface area contributed by atoms with Crippen molar-refractivity contribution < 1.29 is 9.53 Å². The number of H-pyrrole nitrogens is 2. The van der Waals surface area contributed by atoms with E-state index in [1.807, 2.05) is 18.3 Å². The van der Waals surface area contributed by atoms with Crippen LogP contribution < -0.4 is 5.32 Å². The molecule has 1 saturated heterocycles. The van der Waals surface area contributed by atoms with Gasteiger partial charge in [-0.05, 0) is 30.5 Å². The normalized spacial score (nSPS) is 16.2. The molecule has 10 heteroatoms. The molecular formula is C23H24N8O2. The number of carbonyl (C=O) groups is 1. The fourth-order valence-electron chi connectivity index (χ4n) is 4.38. The van der Waals surface area contributed by atoms with Crippen LogP contribution in [0.3, 0.4) is 0 Å². The number of fused-ring (bicyclic) bond motifs is 2. The number of imidazole rings is 1. The molecule has 3 N–H and O–H groups in total. The van der Waals surface area contributed by atoms with Crippen molar-refractivity contribution in [2.75, 3.05) is 31.6 Å². The number of nitrogens with one attached hydrogen (secondary N) is 3. The molecule has 5 heterocycles. The van der Waals surface area contributed by atoms with Crippen molar-refractivity contribution in [3.8, 4) is 11.5 Å². The van der Waals surface area contributed by atoms with Crippen LogP contribution in [0.4, 0.5) is 5.69 Å². The van der Waals surface area contributed by atoms with E-state index in [-0.39, 0.29) is 5.91 Å². The molecule has 1 aromatic carbocycles. The number of anilines is 1. The Labute approximate surface area is 189 Å². The zero-order chi connectivity index (χ0) is 22.2. The third-order valence-corrected chi connectivity index (χ3v) is 6.11. The first-order chi connectivity index (χ1) is 16.2. The molecule has 168 valence electrons.